The number of nitrogens with zero attached hydrogens (tertiary/aromatic N) is 4. The summed E-state index contributed by atoms with van der Waals surface area (Å²) < 4.78 is 2.01. The number of aromatic nitrogens is 2. The van der Waals surface area contributed by atoms with Crippen LogP contribution in [-0.2, 0) is 12.3 Å². The van der Waals surface area contributed by atoms with Gasteiger partial charge in [0.2, 0.25) is 0 Å². The van der Waals surface area contributed by atoms with Crippen LogP contribution in [-0.4, -0.2) is 27.7 Å². The van der Waals surface area contributed by atoms with Gasteiger partial charge in [0.25, 0.3) is 0 Å². The van der Waals surface area contributed by atoms with E-state index < -0.39 is 0 Å². The number of hydrazine groups is 2. The highest BCUT2D eigenvalue weighted by Gasteiger charge is 2.22. The molecule has 0 unspecified atom stereocenters. The maximum Gasteiger partial charge on any atom is 0.177 e. The van der Waals surface area contributed by atoms with Crippen LogP contribution in [0.25, 0.3) is 0 Å². The van der Waals surface area contributed by atoms with Crippen molar-refractivity contribution in [1.82, 2.24) is 25.9 Å². The van der Waals surface area contributed by atoms with E-state index in [1.165, 1.54) is 5.56 Å². The van der Waals surface area contributed by atoms with Gasteiger partial charge in [0.15, 0.2) is 5.84 Å². The minimum Gasteiger partial charge on any atom is -0.274 e. The summed E-state index contributed by atoms with van der Waals surface area (Å²) in [4.78, 5) is 0. The van der Waals surface area contributed by atoms with Gasteiger partial charge in [0, 0.05) is 19.3 Å². The number of thioether (sulfide) groups is 1. The molecule has 0 saturated heterocycles. The van der Waals surface area contributed by atoms with Crippen molar-refractivity contribution in [3.8, 4) is 0 Å². The molecule has 0 amide bonds. The van der Waals surface area contributed by atoms with Crippen LogP contribution in [0.15, 0.2) is 46.7 Å². The minimum absolute atomic E-state index is 0.842. The summed E-state index contributed by atoms with van der Waals surface area (Å²) in [6.07, 6.45) is 1.88. The Labute approximate surface area is 128 Å². The number of rotatable bonds is 5. The van der Waals surface area contributed by atoms with Crippen LogP contribution < -0.4 is 11.1 Å². The van der Waals surface area contributed by atoms with Gasteiger partial charge in [-0.1, -0.05) is 30.3 Å². The maximum absolute atomic E-state index is 4.46. The van der Waals surface area contributed by atoms with Crippen molar-refractivity contribution in [3.05, 3.63) is 47.7 Å². The van der Waals surface area contributed by atoms with Crippen LogP contribution in [0.4, 0.5) is 0 Å². The molecule has 0 spiro atoms. The van der Waals surface area contributed by atoms with E-state index in [2.05, 4.69) is 52.5 Å². The van der Waals surface area contributed by atoms with Crippen LogP contribution >= 0.6 is 11.8 Å². The van der Waals surface area contributed by atoms with Crippen LogP contribution in [0, 0.1) is 0 Å². The lowest BCUT2D eigenvalue weighted by Gasteiger charge is -2.13. The summed E-state index contributed by atoms with van der Waals surface area (Å²) in [5.74, 6) is 1.77. The molecule has 0 bridgehead atoms. The highest BCUT2D eigenvalue weighted by atomic mass is 32.2. The van der Waals surface area contributed by atoms with Gasteiger partial charge in [-0.3, -0.25) is 9.69 Å². The predicted octanol–water partition coefficient (Wildman–Crippen LogP) is 1.81. The molecule has 21 heavy (non-hydrogen) atoms. The molecule has 0 aliphatic carbocycles. The summed E-state index contributed by atoms with van der Waals surface area (Å²) in [6.45, 7) is 2.94. The summed E-state index contributed by atoms with van der Waals surface area (Å²) in [5.41, 5.74) is 8.04. The molecular weight excluding hydrogens is 284 g/mol. The Balaban J connectivity index is 1.84. The fraction of sp³-hybridized carbons (Fsp3) is 0.286. The fourth-order valence-electron chi connectivity index (χ4n) is 2.15. The highest BCUT2D eigenvalue weighted by Crippen LogP contribution is 2.27. The quantitative estimate of drug-likeness (QED) is 0.825. The second kappa shape index (κ2) is 6.19. The van der Waals surface area contributed by atoms with Crippen LogP contribution in [0.3, 0.4) is 0 Å². The van der Waals surface area contributed by atoms with Crippen molar-refractivity contribution in [1.29, 1.82) is 0 Å². The van der Waals surface area contributed by atoms with Gasteiger partial charge in [0.05, 0.1) is 11.8 Å². The van der Waals surface area contributed by atoms with Crippen LogP contribution in [0.5, 0.6) is 0 Å². The molecule has 2 aromatic rings. The first-order valence-corrected chi connectivity index (χ1v) is 7.83. The summed E-state index contributed by atoms with van der Waals surface area (Å²) in [5, 5.41) is 11.7. The third-order valence-corrected chi connectivity index (χ3v) is 4.43. The lowest BCUT2D eigenvalue weighted by atomic mass is 10.2. The van der Waals surface area contributed by atoms with Crippen molar-refractivity contribution >= 4 is 17.6 Å². The molecule has 7 heteroatoms. The van der Waals surface area contributed by atoms with Gasteiger partial charge < -0.3 is 0 Å². The second-order valence-electron chi connectivity index (χ2n) is 4.67. The Morgan fingerprint density at radius 3 is 2.71 bits per heavy atom. The summed E-state index contributed by atoms with van der Waals surface area (Å²) in [7, 11) is 1.92. The Hall–Kier alpha value is -1.99. The van der Waals surface area contributed by atoms with Gasteiger partial charge in [-0.15, -0.1) is 22.4 Å². The summed E-state index contributed by atoms with van der Waals surface area (Å²) in [6, 6.07) is 10.5. The molecule has 0 radical (unpaired) electrons. The molecule has 6 nitrogen and oxygen atoms in total. The topological polar surface area (TPSA) is 57.5 Å². The van der Waals surface area contributed by atoms with Crippen molar-refractivity contribution in [2.24, 2.45) is 5.10 Å². The van der Waals surface area contributed by atoms with E-state index in [9.17, 15) is 0 Å². The lowest BCUT2D eigenvalue weighted by molar-refractivity contribution is 0.348. The number of amidine groups is 1. The second-order valence-corrected chi connectivity index (χ2v) is 5.64. The van der Waals surface area contributed by atoms with Crippen LogP contribution in [0.2, 0.25) is 0 Å². The Morgan fingerprint density at radius 1 is 1.24 bits per heavy atom. The molecule has 1 aromatic carbocycles. The van der Waals surface area contributed by atoms with Crippen molar-refractivity contribution in [3.63, 3.8) is 0 Å². The fourth-order valence-corrected chi connectivity index (χ4v) is 3.27. The van der Waals surface area contributed by atoms with E-state index in [0.29, 0.717) is 0 Å². The number of aryl methyl sites for hydroxylation is 1. The Morgan fingerprint density at radius 2 is 2.05 bits per heavy atom. The summed E-state index contributed by atoms with van der Waals surface area (Å²) >= 11 is 1.78. The molecule has 1 aliphatic heterocycles. The molecule has 2 N–H and O–H groups in total. The van der Waals surface area contributed by atoms with E-state index in [1.54, 1.807) is 11.8 Å². The number of nitrogens with one attached hydrogen (secondary N) is 2. The first-order chi connectivity index (χ1) is 10.3. The van der Waals surface area contributed by atoms with E-state index in [1.807, 2.05) is 29.0 Å². The molecule has 0 saturated carbocycles. The van der Waals surface area contributed by atoms with E-state index in [4.69, 9.17) is 0 Å². The SMILES string of the molecule is CCn1ncc(C2=NNNN2C)c1SCc1ccccc1. The van der Waals surface area contributed by atoms with Crippen molar-refractivity contribution < 1.29 is 0 Å². The van der Waals surface area contributed by atoms with E-state index >= 15 is 0 Å². The molecule has 110 valence electrons. The largest absolute Gasteiger partial charge is 0.274 e. The molecule has 3 rings (SSSR count). The first kappa shape index (κ1) is 14.0. The molecule has 2 heterocycles. The molecule has 1 aliphatic rings. The average Bonchev–Trinajstić information content (AvgIpc) is 3.11. The van der Waals surface area contributed by atoms with Crippen LogP contribution in [0.1, 0.15) is 18.1 Å². The van der Waals surface area contributed by atoms with Crippen molar-refractivity contribution in [2.75, 3.05) is 7.05 Å². The zero-order chi connectivity index (χ0) is 14.7. The maximum atomic E-state index is 4.46. The van der Waals surface area contributed by atoms with Gasteiger partial charge >= 0.3 is 0 Å². The third kappa shape index (κ3) is 2.88. The standard InChI is InChI=1S/C14H18N6S/c1-3-20-14(21-10-11-7-5-4-6-8-11)12(9-15-20)13-16-17-18-19(13)2/h4-9,17-18H,3,10H2,1-2H3. The molecular formula is C14H18N6S. The number of benzene rings is 1. The monoisotopic (exact) mass is 302 g/mol. The number of hydrogen-bond donors (Lipinski definition) is 2. The number of hydrogen-bond acceptors (Lipinski definition) is 6. The highest BCUT2D eigenvalue weighted by molar-refractivity contribution is 7.98. The Kier molecular flexibility index (Phi) is 4.12. The molecule has 1 aromatic heterocycles. The van der Waals surface area contributed by atoms with Crippen molar-refractivity contribution in [2.45, 2.75) is 24.2 Å². The van der Waals surface area contributed by atoms with Gasteiger partial charge in [-0.25, -0.2) is 5.53 Å². The van der Waals surface area contributed by atoms with Gasteiger partial charge in [0.1, 0.15) is 5.03 Å². The zero-order valence-electron chi connectivity index (χ0n) is 12.1. The zero-order valence-corrected chi connectivity index (χ0v) is 12.9. The minimum atomic E-state index is 0.842. The van der Waals surface area contributed by atoms with E-state index in [0.717, 1.165) is 28.7 Å². The van der Waals surface area contributed by atoms with E-state index in [-0.39, 0.29) is 0 Å². The normalized spacial score (nSPS) is 14.2. The predicted molar refractivity (Wildman–Crippen MR) is 84.5 cm³/mol. The average molecular weight is 302 g/mol. The Bertz CT molecular complexity index is 636. The molecule has 0 atom stereocenters. The smallest absolute Gasteiger partial charge is 0.177 e. The first-order valence-electron chi connectivity index (χ1n) is 6.84. The van der Waals surface area contributed by atoms with Gasteiger partial charge in [-0.2, -0.15) is 5.10 Å². The van der Waals surface area contributed by atoms with Gasteiger partial charge in [-0.05, 0) is 12.5 Å². The third-order valence-electron chi connectivity index (χ3n) is 3.25. The number of hydrazone groups is 1. The lowest BCUT2D eigenvalue weighted by Crippen LogP contribution is -2.37. The molecule has 0 fully saturated rings.